The topological polar surface area (TPSA) is 20.2 Å². The Labute approximate surface area is 136 Å². The van der Waals surface area contributed by atoms with Crippen molar-refractivity contribution in [2.45, 2.75) is 47.1 Å². The highest BCUT2D eigenvalue weighted by Crippen LogP contribution is 2.48. The van der Waals surface area contributed by atoms with Crippen molar-refractivity contribution in [2.75, 3.05) is 0 Å². The van der Waals surface area contributed by atoms with Crippen molar-refractivity contribution in [1.82, 2.24) is 0 Å². The van der Waals surface area contributed by atoms with E-state index in [2.05, 4.69) is 5.92 Å². The first kappa shape index (κ1) is 20.0. The second kappa shape index (κ2) is 9.07. The summed E-state index contributed by atoms with van der Waals surface area (Å²) in [6.45, 7) is 8.00. The highest BCUT2D eigenvalue weighted by molar-refractivity contribution is 5.80. The van der Waals surface area contributed by atoms with E-state index in [1.54, 1.807) is 0 Å². The van der Waals surface area contributed by atoms with E-state index in [1.165, 1.54) is 0 Å². The van der Waals surface area contributed by atoms with Crippen LogP contribution in [0.4, 0.5) is 0 Å². The van der Waals surface area contributed by atoms with Crippen molar-refractivity contribution >= 4 is 0 Å². The zero-order valence-electron chi connectivity index (χ0n) is 13.4. The van der Waals surface area contributed by atoms with Gasteiger partial charge in [-0.15, -0.1) is 12.3 Å². The van der Waals surface area contributed by atoms with Gasteiger partial charge < -0.3 is 5.11 Å². The molecule has 0 radical (unpaired) electrons. The molecule has 2 aromatic rings. The fourth-order valence-electron chi connectivity index (χ4n) is 2.64. The molecule has 3 rings (SSSR count). The highest BCUT2D eigenvalue weighted by Gasteiger charge is 2.40. The summed E-state index contributed by atoms with van der Waals surface area (Å²) in [5.74, 6) is 2.58. The van der Waals surface area contributed by atoms with E-state index < -0.39 is 5.60 Å². The summed E-state index contributed by atoms with van der Waals surface area (Å²) in [6.07, 6.45) is 5.70. The van der Waals surface area contributed by atoms with Crippen molar-refractivity contribution in [3.05, 3.63) is 59.7 Å². The smallest absolute Gasteiger partial charge is 0.127 e. The molecule has 1 nitrogen and oxygen atoms in total. The van der Waals surface area contributed by atoms with Crippen LogP contribution < -0.4 is 0 Å². The van der Waals surface area contributed by atoms with Gasteiger partial charge in [-0.25, -0.2) is 0 Å². The molecule has 1 heteroatoms. The second-order valence-corrected chi connectivity index (χ2v) is 4.33. The number of hydrogen-bond donors (Lipinski definition) is 1. The van der Waals surface area contributed by atoms with Crippen molar-refractivity contribution < 1.29 is 5.11 Å². The fourth-order valence-corrected chi connectivity index (χ4v) is 2.64. The molecule has 0 unspecified atom stereocenters. The first-order valence-corrected chi connectivity index (χ1v) is 7.62. The number of terminal acetylenes is 1. The zero-order valence-corrected chi connectivity index (χ0v) is 13.4. The molecule has 1 aliphatic carbocycles. The molecule has 0 aliphatic heterocycles. The lowest BCUT2D eigenvalue weighted by Gasteiger charge is -2.23. The van der Waals surface area contributed by atoms with Crippen molar-refractivity contribution in [3.63, 3.8) is 0 Å². The second-order valence-electron chi connectivity index (χ2n) is 4.33. The maximum Gasteiger partial charge on any atom is 0.127 e. The van der Waals surface area contributed by atoms with Gasteiger partial charge in [0.25, 0.3) is 0 Å². The Balaban J connectivity index is 0.000000819. The van der Waals surface area contributed by atoms with Crippen LogP contribution in [-0.2, 0) is 5.60 Å². The number of fused-ring (bicyclic) bond motifs is 3. The average Bonchev–Trinajstić information content (AvgIpc) is 2.82. The average molecular weight is 296 g/mol. The van der Waals surface area contributed by atoms with Crippen LogP contribution in [0.3, 0.4) is 0 Å². The number of benzene rings is 2. The third-order valence-electron chi connectivity index (χ3n) is 3.39. The van der Waals surface area contributed by atoms with Crippen LogP contribution in [0.15, 0.2) is 48.5 Å². The fraction of sp³-hybridized carbons (Fsp3) is 0.333. The molecular weight excluding hydrogens is 268 g/mol. The number of hydrogen-bond acceptors (Lipinski definition) is 1. The van der Waals surface area contributed by atoms with Crippen molar-refractivity contribution in [2.24, 2.45) is 0 Å². The molecule has 0 heterocycles. The Morgan fingerprint density at radius 3 is 1.59 bits per heavy atom. The summed E-state index contributed by atoms with van der Waals surface area (Å²) in [5, 5.41) is 10.9. The monoisotopic (exact) mass is 296 g/mol. The molecule has 1 N–H and O–H groups in total. The van der Waals surface area contributed by atoms with Gasteiger partial charge in [0.15, 0.2) is 0 Å². The summed E-state index contributed by atoms with van der Waals surface area (Å²) >= 11 is 0. The van der Waals surface area contributed by atoms with E-state index in [-0.39, 0.29) is 7.43 Å². The molecule has 2 aromatic carbocycles. The van der Waals surface area contributed by atoms with Crippen molar-refractivity contribution in [1.29, 1.82) is 0 Å². The minimum absolute atomic E-state index is 0. The lowest BCUT2D eigenvalue weighted by Crippen LogP contribution is -2.23. The van der Waals surface area contributed by atoms with E-state index in [0.29, 0.717) is 6.42 Å². The van der Waals surface area contributed by atoms with Gasteiger partial charge in [-0.1, -0.05) is 83.7 Å². The van der Waals surface area contributed by atoms with Gasteiger partial charge in [0.1, 0.15) is 5.60 Å². The largest absolute Gasteiger partial charge is 0.379 e. The van der Waals surface area contributed by atoms with E-state index >= 15 is 0 Å². The Kier molecular flexibility index (Phi) is 8.23. The van der Waals surface area contributed by atoms with Gasteiger partial charge in [0.2, 0.25) is 0 Å². The first-order valence-electron chi connectivity index (χ1n) is 7.62. The predicted octanol–water partition coefficient (Wildman–Crippen LogP) is 5.61. The predicted molar refractivity (Wildman–Crippen MR) is 97.8 cm³/mol. The zero-order chi connectivity index (χ0) is 15.9. The van der Waals surface area contributed by atoms with Gasteiger partial charge >= 0.3 is 0 Å². The normalized spacial score (nSPS) is 12.0. The summed E-state index contributed by atoms with van der Waals surface area (Å²) in [4.78, 5) is 0. The molecule has 0 atom stereocenters. The third kappa shape index (κ3) is 3.24. The summed E-state index contributed by atoms with van der Waals surface area (Å²) < 4.78 is 0. The minimum Gasteiger partial charge on any atom is -0.379 e. The summed E-state index contributed by atoms with van der Waals surface area (Å²) in [6, 6.07) is 15.8. The Hall–Kier alpha value is -2.04. The van der Waals surface area contributed by atoms with Gasteiger partial charge in [0, 0.05) is 6.42 Å². The maximum atomic E-state index is 10.9. The van der Waals surface area contributed by atoms with Crippen molar-refractivity contribution in [3.8, 4) is 23.5 Å². The van der Waals surface area contributed by atoms with E-state index in [1.807, 2.05) is 76.2 Å². The molecule has 0 aromatic heterocycles. The Morgan fingerprint density at radius 2 is 1.23 bits per heavy atom. The number of rotatable bonds is 1. The maximum absolute atomic E-state index is 10.9. The van der Waals surface area contributed by atoms with Crippen LogP contribution >= 0.6 is 0 Å². The molecule has 22 heavy (non-hydrogen) atoms. The van der Waals surface area contributed by atoms with Crippen LogP contribution in [0.25, 0.3) is 11.1 Å². The molecule has 0 bridgehead atoms. The van der Waals surface area contributed by atoms with Gasteiger partial charge in [-0.2, -0.15) is 0 Å². The molecule has 0 spiro atoms. The molecule has 0 saturated heterocycles. The highest BCUT2D eigenvalue weighted by atomic mass is 16.3. The van der Waals surface area contributed by atoms with E-state index in [9.17, 15) is 5.11 Å². The standard InChI is InChI=1S/C16H12O.2C2H6.CH4/c1-2-11-16(17)14-9-5-3-7-12(14)13-8-4-6-10-15(13)16;2*1-2;/h1,3-10,17H,11H2;2*1-2H3;1H4. The molecule has 1 aliphatic rings. The van der Waals surface area contributed by atoms with E-state index in [0.717, 1.165) is 22.3 Å². The molecular formula is C21H28O. The SMILES string of the molecule is C.C#CCC1(O)c2ccccc2-c2ccccc21.CC.CC. The van der Waals surface area contributed by atoms with E-state index in [4.69, 9.17) is 6.42 Å². The lowest BCUT2D eigenvalue weighted by atomic mass is 9.88. The molecule has 0 amide bonds. The Bertz CT molecular complexity index is 574. The van der Waals surface area contributed by atoms with Gasteiger partial charge in [-0.3, -0.25) is 0 Å². The molecule has 0 fully saturated rings. The van der Waals surface area contributed by atoms with Gasteiger partial charge in [0.05, 0.1) is 0 Å². The van der Waals surface area contributed by atoms with Crippen LogP contribution in [0.2, 0.25) is 0 Å². The van der Waals surface area contributed by atoms with Crippen LogP contribution in [0.1, 0.15) is 52.7 Å². The number of aliphatic hydroxyl groups is 1. The van der Waals surface area contributed by atoms with Crippen LogP contribution in [0, 0.1) is 12.3 Å². The molecule has 0 saturated carbocycles. The lowest BCUT2D eigenvalue weighted by molar-refractivity contribution is 0.0915. The van der Waals surface area contributed by atoms with Crippen LogP contribution in [0.5, 0.6) is 0 Å². The quantitative estimate of drug-likeness (QED) is 0.678. The summed E-state index contributed by atoms with van der Waals surface area (Å²) in [5.41, 5.74) is 2.97. The molecule has 118 valence electrons. The third-order valence-corrected chi connectivity index (χ3v) is 3.39. The van der Waals surface area contributed by atoms with Crippen LogP contribution in [-0.4, -0.2) is 5.11 Å². The Morgan fingerprint density at radius 1 is 0.864 bits per heavy atom. The summed E-state index contributed by atoms with van der Waals surface area (Å²) in [7, 11) is 0. The van der Waals surface area contributed by atoms with Gasteiger partial charge in [-0.05, 0) is 22.3 Å². The first-order chi connectivity index (χ1) is 10.3. The minimum atomic E-state index is -1.03.